The van der Waals surface area contributed by atoms with Crippen LogP contribution in [0.4, 0.5) is 0 Å². The summed E-state index contributed by atoms with van der Waals surface area (Å²) < 4.78 is 5.37. The molecule has 4 heteroatoms. The number of ether oxygens (including phenoxy) is 1. The minimum atomic E-state index is -0.169. The Labute approximate surface area is 162 Å². The van der Waals surface area contributed by atoms with Gasteiger partial charge in [-0.15, -0.1) is 0 Å². The Bertz CT molecular complexity index is 319. The molecule has 0 fully saturated rings. The summed E-state index contributed by atoms with van der Waals surface area (Å²) >= 11 is 0. The van der Waals surface area contributed by atoms with E-state index in [2.05, 4.69) is 12.2 Å². The van der Waals surface area contributed by atoms with Crippen LogP contribution in [-0.4, -0.2) is 25.7 Å². The number of allylic oxidation sites excluding steroid dienone is 2. The van der Waals surface area contributed by atoms with Crippen LogP contribution in [-0.2, 0) is 9.53 Å². The first-order chi connectivity index (χ1) is 12.8. The monoisotopic (exact) mass is 368 g/mol. The van der Waals surface area contributed by atoms with Crippen LogP contribution >= 0.6 is 0 Å². The van der Waals surface area contributed by atoms with Crippen molar-refractivity contribution in [3.05, 3.63) is 12.2 Å². The second kappa shape index (κ2) is 22.2. The van der Waals surface area contributed by atoms with Gasteiger partial charge >= 0.3 is 0 Å². The Morgan fingerprint density at radius 1 is 0.654 bits per heavy atom. The van der Waals surface area contributed by atoms with Crippen LogP contribution < -0.4 is 11.5 Å². The molecule has 0 saturated heterocycles. The minimum absolute atomic E-state index is 0.169. The molecule has 0 aliphatic heterocycles. The maximum atomic E-state index is 10.6. The molecule has 0 bridgehead atoms. The van der Waals surface area contributed by atoms with E-state index >= 15 is 0 Å². The zero-order valence-electron chi connectivity index (χ0n) is 17.1. The Balaban J connectivity index is 3.07. The highest BCUT2D eigenvalue weighted by Crippen LogP contribution is 2.11. The topological polar surface area (TPSA) is 78.3 Å². The number of unbranched alkanes of at least 4 members (excludes halogenated alkanes) is 13. The molecule has 0 aliphatic carbocycles. The van der Waals surface area contributed by atoms with Gasteiger partial charge in [-0.1, -0.05) is 69.9 Å². The van der Waals surface area contributed by atoms with Gasteiger partial charge in [-0.05, 0) is 38.5 Å². The van der Waals surface area contributed by atoms with Crippen LogP contribution in [0.15, 0.2) is 12.2 Å². The van der Waals surface area contributed by atoms with Crippen molar-refractivity contribution in [1.29, 1.82) is 0 Å². The molecular weight excluding hydrogens is 324 g/mol. The van der Waals surface area contributed by atoms with E-state index in [1.54, 1.807) is 0 Å². The van der Waals surface area contributed by atoms with E-state index in [9.17, 15) is 4.79 Å². The lowest BCUT2D eigenvalue weighted by molar-refractivity contribution is -0.118. The van der Waals surface area contributed by atoms with Crippen molar-refractivity contribution >= 4 is 5.91 Å². The normalized spacial score (nSPS) is 11.4. The first kappa shape index (κ1) is 25.1. The van der Waals surface area contributed by atoms with E-state index < -0.39 is 0 Å². The maximum absolute atomic E-state index is 10.6. The van der Waals surface area contributed by atoms with Crippen molar-refractivity contribution in [1.82, 2.24) is 0 Å². The molecule has 0 atom stereocenters. The number of nitrogens with two attached hydrogens (primary N) is 2. The molecule has 0 aromatic carbocycles. The molecular formula is C22H44N2O2. The van der Waals surface area contributed by atoms with Crippen molar-refractivity contribution in [3.63, 3.8) is 0 Å². The van der Waals surface area contributed by atoms with E-state index in [0.717, 1.165) is 19.4 Å². The molecule has 0 saturated carbocycles. The Morgan fingerprint density at radius 3 is 1.62 bits per heavy atom. The first-order valence-corrected chi connectivity index (χ1v) is 11.0. The number of carbonyl (C=O) groups is 1. The summed E-state index contributed by atoms with van der Waals surface area (Å²) in [5, 5.41) is 0. The van der Waals surface area contributed by atoms with Crippen molar-refractivity contribution in [2.45, 2.75) is 103 Å². The zero-order chi connectivity index (χ0) is 19.1. The summed E-state index contributed by atoms with van der Waals surface area (Å²) in [6.07, 6.45) is 24.2. The molecule has 26 heavy (non-hydrogen) atoms. The van der Waals surface area contributed by atoms with Gasteiger partial charge in [0, 0.05) is 19.6 Å². The van der Waals surface area contributed by atoms with Crippen LogP contribution in [0.3, 0.4) is 0 Å². The highest BCUT2D eigenvalue weighted by molar-refractivity contribution is 5.73. The molecule has 0 aromatic heterocycles. The second-order valence-corrected chi connectivity index (χ2v) is 7.26. The quantitative estimate of drug-likeness (QED) is 0.215. The second-order valence-electron chi connectivity index (χ2n) is 7.26. The Kier molecular flexibility index (Phi) is 21.4. The Morgan fingerprint density at radius 2 is 1.12 bits per heavy atom. The highest BCUT2D eigenvalue weighted by Gasteiger charge is 1.95. The van der Waals surface area contributed by atoms with E-state index in [4.69, 9.17) is 16.2 Å². The lowest BCUT2D eigenvalue weighted by atomic mass is 10.1. The van der Waals surface area contributed by atoms with Crippen LogP contribution in [0.1, 0.15) is 103 Å². The van der Waals surface area contributed by atoms with Crippen molar-refractivity contribution in [2.75, 3.05) is 19.8 Å². The molecule has 0 rings (SSSR count). The van der Waals surface area contributed by atoms with Gasteiger partial charge in [0.15, 0.2) is 0 Å². The summed E-state index contributed by atoms with van der Waals surface area (Å²) in [7, 11) is 0. The first-order valence-electron chi connectivity index (χ1n) is 11.0. The fourth-order valence-corrected chi connectivity index (χ4v) is 3.04. The lowest BCUT2D eigenvalue weighted by Gasteiger charge is -2.03. The van der Waals surface area contributed by atoms with Gasteiger partial charge in [0.2, 0.25) is 5.91 Å². The van der Waals surface area contributed by atoms with Crippen LogP contribution in [0.2, 0.25) is 0 Å². The van der Waals surface area contributed by atoms with Gasteiger partial charge < -0.3 is 16.2 Å². The highest BCUT2D eigenvalue weighted by atomic mass is 16.5. The summed E-state index contributed by atoms with van der Waals surface area (Å²) in [5.41, 5.74) is 10.5. The average Bonchev–Trinajstić information content (AvgIpc) is 2.62. The van der Waals surface area contributed by atoms with Crippen LogP contribution in [0.25, 0.3) is 0 Å². The van der Waals surface area contributed by atoms with Crippen molar-refractivity contribution in [3.8, 4) is 0 Å². The molecule has 4 nitrogen and oxygen atoms in total. The van der Waals surface area contributed by atoms with E-state index in [-0.39, 0.29) is 5.91 Å². The Hall–Kier alpha value is -0.870. The molecule has 4 N–H and O–H groups in total. The average molecular weight is 369 g/mol. The van der Waals surface area contributed by atoms with Crippen molar-refractivity contribution < 1.29 is 9.53 Å². The summed E-state index contributed by atoms with van der Waals surface area (Å²) in [6, 6.07) is 0. The van der Waals surface area contributed by atoms with Gasteiger partial charge in [-0.2, -0.15) is 0 Å². The molecule has 0 heterocycles. The summed E-state index contributed by atoms with van der Waals surface area (Å²) in [5.74, 6) is -0.169. The smallest absolute Gasteiger partial charge is 0.217 e. The van der Waals surface area contributed by atoms with Crippen LogP contribution in [0.5, 0.6) is 0 Å². The number of hydrogen-bond donors (Lipinski definition) is 2. The SMILES string of the molecule is NCCOCCCCCCCCCCC=CCCCCCCCC(N)=O. The number of hydrogen-bond acceptors (Lipinski definition) is 3. The largest absolute Gasteiger partial charge is 0.380 e. The number of primary amides is 1. The van der Waals surface area contributed by atoms with Gasteiger partial charge in [0.25, 0.3) is 0 Å². The lowest BCUT2D eigenvalue weighted by Crippen LogP contribution is -2.09. The third kappa shape index (κ3) is 23.1. The van der Waals surface area contributed by atoms with Crippen LogP contribution in [0, 0.1) is 0 Å². The van der Waals surface area contributed by atoms with E-state index in [0.29, 0.717) is 19.6 Å². The summed E-state index contributed by atoms with van der Waals surface area (Å²) in [4.78, 5) is 10.6. The van der Waals surface area contributed by atoms with Gasteiger partial charge in [0.05, 0.1) is 6.61 Å². The fourth-order valence-electron chi connectivity index (χ4n) is 3.04. The van der Waals surface area contributed by atoms with E-state index in [1.807, 2.05) is 0 Å². The molecule has 154 valence electrons. The molecule has 0 aromatic rings. The number of amides is 1. The maximum Gasteiger partial charge on any atom is 0.217 e. The van der Waals surface area contributed by atoms with E-state index in [1.165, 1.54) is 83.5 Å². The molecule has 0 aliphatic rings. The van der Waals surface area contributed by atoms with Gasteiger partial charge in [0.1, 0.15) is 0 Å². The minimum Gasteiger partial charge on any atom is -0.380 e. The summed E-state index contributed by atoms with van der Waals surface area (Å²) in [6.45, 7) is 2.21. The predicted octanol–water partition coefficient (Wildman–Crippen LogP) is 5.24. The fraction of sp³-hybridized carbons (Fsp3) is 0.864. The number of carbonyl (C=O) groups excluding carboxylic acids is 1. The molecule has 1 amide bonds. The van der Waals surface area contributed by atoms with Crippen molar-refractivity contribution in [2.24, 2.45) is 11.5 Å². The van der Waals surface area contributed by atoms with Gasteiger partial charge in [-0.3, -0.25) is 4.79 Å². The third-order valence-electron chi connectivity index (χ3n) is 4.63. The standard InChI is InChI=1S/C22H44N2O2/c23-19-21-26-20-17-15-13-11-9-7-5-3-1-2-4-6-8-10-12-14-16-18-22(24)25/h2,4H,1,3,5-21,23H2,(H2,24,25). The molecule has 0 radical (unpaired) electrons. The third-order valence-corrected chi connectivity index (χ3v) is 4.63. The zero-order valence-corrected chi connectivity index (χ0v) is 17.1. The predicted molar refractivity (Wildman–Crippen MR) is 112 cm³/mol. The molecule has 0 unspecified atom stereocenters. The molecule has 0 spiro atoms. The number of rotatable bonds is 21. The van der Waals surface area contributed by atoms with Gasteiger partial charge in [-0.25, -0.2) is 0 Å².